The van der Waals surface area contributed by atoms with Gasteiger partial charge in [-0.3, -0.25) is 9.69 Å². The summed E-state index contributed by atoms with van der Waals surface area (Å²) in [4.78, 5) is 15.5. The molecule has 0 unspecified atom stereocenters. The first-order valence-corrected chi connectivity index (χ1v) is 8.10. The lowest BCUT2D eigenvalue weighted by Gasteiger charge is -2.34. The van der Waals surface area contributed by atoms with Crippen molar-refractivity contribution < 1.29 is 19.0 Å². The zero-order valence-electron chi connectivity index (χ0n) is 14.7. The Morgan fingerprint density at radius 3 is 2.17 bits per heavy atom. The van der Waals surface area contributed by atoms with Crippen LogP contribution in [0, 0.1) is 0 Å². The van der Waals surface area contributed by atoms with E-state index in [2.05, 4.69) is 9.80 Å². The average molecular weight is 337 g/mol. The fraction of sp³-hybridized carbons (Fsp3) is 0.588. The third kappa shape index (κ3) is 4.52. The maximum atomic E-state index is 10.9. The molecule has 1 heterocycles. The summed E-state index contributed by atoms with van der Waals surface area (Å²) in [6.07, 6.45) is 0.420. The van der Waals surface area contributed by atoms with Crippen molar-refractivity contribution in [3.05, 3.63) is 17.7 Å². The van der Waals surface area contributed by atoms with Crippen LogP contribution in [0.4, 0.5) is 0 Å². The molecule has 2 rings (SSSR count). The largest absolute Gasteiger partial charge is 0.493 e. The minimum Gasteiger partial charge on any atom is -0.493 e. The summed E-state index contributed by atoms with van der Waals surface area (Å²) in [5.41, 5.74) is 6.28. The van der Waals surface area contributed by atoms with E-state index in [-0.39, 0.29) is 5.91 Å². The van der Waals surface area contributed by atoms with Gasteiger partial charge in [0.05, 0.1) is 21.3 Å². The quantitative estimate of drug-likeness (QED) is 0.753. The van der Waals surface area contributed by atoms with Crippen molar-refractivity contribution in [3.63, 3.8) is 0 Å². The number of benzene rings is 1. The van der Waals surface area contributed by atoms with Crippen LogP contribution in [0.25, 0.3) is 0 Å². The molecule has 1 aliphatic heterocycles. The highest BCUT2D eigenvalue weighted by Gasteiger charge is 2.21. The van der Waals surface area contributed by atoms with Crippen molar-refractivity contribution in [1.29, 1.82) is 0 Å². The summed E-state index contributed by atoms with van der Waals surface area (Å²) in [6, 6.07) is 3.92. The van der Waals surface area contributed by atoms with Crippen molar-refractivity contribution in [2.45, 2.75) is 13.0 Å². The monoisotopic (exact) mass is 337 g/mol. The standard InChI is InChI=1S/C17H27N3O4/c1-22-14-5-4-13(16(23-2)17(14)24-3)12-20-10-8-19(9-11-20)7-6-15(18)21/h4-5H,6-12H2,1-3H3,(H2,18,21). The molecule has 0 aliphatic carbocycles. The third-order valence-corrected chi connectivity index (χ3v) is 4.32. The van der Waals surface area contributed by atoms with E-state index in [9.17, 15) is 4.79 Å². The second kappa shape index (κ2) is 8.75. The molecular formula is C17H27N3O4. The molecule has 1 aliphatic rings. The minimum atomic E-state index is -0.243. The predicted molar refractivity (Wildman–Crippen MR) is 91.6 cm³/mol. The second-order valence-electron chi connectivity index (χ2n) is 5.83. The summed E-state index contributed by atoms with van der Waals surface area (Å²) < 4.78 is 16.3. The first-order chi connectivity index (χ1) is 11.6. The van der Waals surface area contributed by atoms with Gasteiger partial charge in [-0.05, 0) is 6.07 Å². The summed E-state index contributed by atoms with van der Waals surface area (Å²) in [5, 5.41) is 0. The molecule has 0 bridgehead atoms. The fourth-order valence-corrected chi connectivity index (χ4v) is 2.97. The Balaban J connectivity index is 1.98. The topological polar surface area (TPSA) is 77.3 Å². The van der Waals surface area contributed by atoms with Crippen LogP contribution in [-0.4, -0.2) is 69.8 Å². The summed E-state index contributed by atoms with van der Waals surface area (Å²) >= 11 is 0. The SMILES string of the molecule is COc1ccc(CN2CCN(CCC(N)=O)CC2)c(OC)c1OC. The van der Waals surface area contributed by atoms with Crippen LogP contribution < -0.4 is 19.9 Å². The number of rotatable bonds is 8. The first-order valence-electron chi connectivity index (χ1n) is 8.10. The smallest absolute Gasteiger partial charge is 0.218 e. The van der Waals surface area contributed by atoms with Gasteiger partial charge in [0.1, 0.15) is 0 Å². The summed E-state index contributed by atoms with van der Waals surface area (Å²) in [5.74, 6) is 1.76. The van der Waals surface area contributed by atoms with Gasteiger partial charge in [-0.25, -0.2) is 0 Å². The zero-order valence-corrected chi connectivity index (χ0v) is 14.7. The highest BCUT2D eigenvalue weighted by atomic mass is 16.5. The Kier molecular flexibility index (Phi) is 6.69. The van der Waals surface area contributed by atoms with Crippen molar-refractivity contribution in [3.8, 4) is 17.2 Å². The number of amides is 1. The molecule has 24 heavy (non-hydrogen) atoms. The normalized spacial score (nSPS) is 16.0. The molecule has 1 aromatic rings. The van der Waals surface area contributed by atoms with E-state index in [1.807, 2.05) is 12.1 Å². The Labute approximate surface area is 143 Å². The molecule has 2 N–H and O–H groups in total. The van der Waals surface area contributed by atoms with E-state index in [0.717, 1.165) is 44.8 Å². The summed E-state index contributed by atoms with van der Waals surface area (Å²) in [6.45, 7) is 5.27. The molecule has 0 radical (unpaired) electrons. The van der Waals surface area contributed by atoms with E-state index in [0.29, 0.717) is 23.7 Å². The molecule has 1 amide bonds. The van der Waals surface area contributed by atoms with E-state index >= 15 is 0 Å². The van der Waals surface area contributed by atoms with Gasteiger partial charge in [0.25, 0.3) is 0 Å². The molecule has 0 atom stereocenters. The van der Waals surface area contributed by atoms with Crippen LogP contribution in [0.5, 0.6) is 17.2 Å². The molecule has 0 saturated carbocycles. The minimum absolute atomic E-state index is 0.243. The van der Waals surface area contributed by atoms with Gasteiger partial charge in [0, 0.05) is 51.3 Å². The van der Waals surface area contributed by atoms with Crippen molar-refractivity contribution in [2.75, 3.05) is 54.1 Å². The number of piperazine rings is 1. The maximum Gasteiger partial charge on any atom is 0.218 e. The number of hydrogen-bond donors (Lipinski definition) is 1. The van der Waals surface area contributed by atoms with Gasteiger partial charge in [0.2, 0.25) is 11.7 Å². The summed E-state index contributed by atoms with van der Waals surface area (Å²) in [7, 11) is 4.87. The molecule has 0 spiro atoms. The zero-order chi connectivity index (χ0) is 17.5. The number of nitrogens with zero attached hydrogens (tertiary/aromatic N) is 2. The number of nitrogens with two attached hydrogens (primary N) is 1. The highest BCUT2D eigenvalue weighted by molar-refractivity contribution is 5.73. The van der Waals surface area contributed by atoms with E-state index in [1.54, 1.807) is 21.3 Å². The maximum absolute atomic E-state index is 10.9. The highest BCUT2D eigenvalue weighted by Crippen LogP contribution is 2.40. The number of hydrogen-bond acceptors (Lipinski definition) is 6. The van der Waals surface area contributed by atoms with Crippen LogP contribution in [0.3, 0.4) is 0 Å². The number of primary amides is 1. The lowest BCUT2D eigenvalue weighted by molar-refractivity contribution is -0.118. The number of carbonyl (C=O) groups excluding carboxylic acids is 1. The predicted octanol–water partition coefficient (Wildman–Crippen LogP) is 0.705. The van der Waals surface area contributed by atoms with Crippen LogP contribution >= 0.6 is 0 Å². The third-order valence-electron chi connectivity index (χ3n) is 4.32. The van der Waals surface area contributed by atoms with Gasteiger partial charge in [-0.15, -0.1) is 0 Å². The van der Waals surface area contributed by atoms with Crippen LogP contribution in [-0.2, 0) is 11.3 Å². The first kappa shape index (κ1) is 18.4. The van der Waals surface area contributed by atoms with Crippen LogP contribution in [0.2, 0.25) is 0 Å². The van der Waals surface area contributed by atoms with E-state index < -0.39 is 0 Å². The van der Waals surface area contributed by atoms with Crippen molar-refractivity contribution >= 4 is 5.91 Å². The number of methoxy groups -OCH3 is 3. The van der Waals surface area contributed by atoms with Gasteiger partial charge in [-0.2, -0.15) is 0 Å². The molecule has 1 fully saturated rings. The van der Waals surface area contributed by atoms with Crippen LogP contribution in [0.1, 0.15) is 12.0 Å². The van der Waals surface area contributed by atoms with Gasteiger partial charge in [0.15, 0.2) is 11.5 Å². The van der Waals surface area contributed by atoms with E-state index in [1.165, 1.54) is 0 Å². The van der Waals surface area contributed by atoms with Gasteiger partial charge < -0.3 is 24.8 Å². The Morgan fingerprint density at radius 2 is 1.62 bits per heavy atom. The lowest BCUT2D eigenvalue weighted by atomic mass is 10.1. The van der Waals surface area contributed by atoms with Crippen molar-refractivity contribution in [2.24, 2.45) is 5.73 Å². The van der Waals surface area contributed by atoms with Crippen LogP contribution in [0.15, 0.2) is 12.1 Å². The fourth-order valence-electron chi connectivity index (χ4n) is 2.97. The average Bonchev–Trinajstić information content (AvgIpc) is 2.60. The molecule has 7 nitrogen and oxygen atoms in total. The molecule has 1 aromatic carbocycles. The molecule has 0 aromatic heterocycles. The molecule has 134 valence electrons. The number of carbonyl (C=O) groups is 1. The Morgan fingerprint density at radius 1 is 1.00 bits per heavy atom. The van der Waals surface area contributed by atoms with Crippen molar-refractivity contribution in [1.82, 2.24) is 9.80 Å². The molecular weight excluding hydrogens is 310 g/mol. The Hall–Kier alpha value is -1.99. The number of ether oxygens (including phenoxy) is 3. The van der Waals surface area contributed by atoms with Gasteiger partial charge in [-0.1, -0.05) is 6.07 Å². The van der Waals surface area contributed by atoms with E-state index in [4.69, 9.17) is 19.9 Å². The Bertz CT molecular complexity index is 557. The van der Waals surface area contributed by atoms with Gasteiger partial charge >= 0.3 is 0 Å². The molecule has 7 heteroatoms. The second-order valence-corrected chi connectivity index (χ2v) is 5.83. The molecule has 1 saturated heterocycles. The lowest BCUT2D eigenvalue weighted by Crippen LogP contribution is -2.46.